The van der Waals surface area contributed by atoms with Gasteiger partial charge in [0.1, 0.15) is 0 Å². The Morgan fingerprint density at radius 3 is 2.62 bits per heavy atom. The lowest BCUT2D eigenvalue weighted by molar-refractivity contribution is 0.0472. The van der Waals surface area contributed by atoms with Crippen molar-refractivity contribution in [2.75, 3.05) is 17.1 Å². The molecule has 0 spiro atoms. The van der Waals surface area contributed by atoms with Crippen LogP contribution in [0.25, 0.3) is 0 Å². The normalized spacial score (nSPS) is 25.3. The Labute approximate surface area is 95.6 Å². The zero-order valence-corrected chi connectivity index (χ0v) is 10.2. The molecule has 0 bridgehead atoms. The van der Waals surface area contributed by atoms with Crippen molar-refractivity contribution in [2.45, 2.75) is 18.9 Å². The molecule has 1 aliphatic heterocycles. The maximum atomic E-state index is 11.6. The molecule has 16 heavy (non-hydrogen) atoms. The van der Waals surface area contributed by atoms with Crippen molar-refractivity contribution in [3.8, 4) is 0 Å². The quantitative estimate of drug-likeness (QED) is 0.800. The smallest absolute Gasteiger partial charge is 0.232 e. The van der Waals surface area contributed by atoms with Crippen LogP contribution in [0.4, 0.5) is 5.69 Å². The molecule has 5 heteroatoms. The zero-order valence-electron chi connectivity index (χ0n) is 9.34. The molecule has 0 saturated heterocycles. The van der Waals surface area contributed by atoms with Crippen molar-refractivity contribution in [1.82, 2.24) is 0 Å². The van der Waals surface area contributed by atoms with Crippen LogP contribution in [0.1, 0.15) is 18.9 Å². The van der Waals surface area contributed by atoms with Gasteiger partial charge in [-0.3, -0.25) is 4.31 Å². The summed E-state index contributed by atoms with van der Waals surface area (Å²) in [5.74, 6) is 0. The van der Waals surface area contributed by atoms with Gasteiger partial charge in [-0.25, -0.2) is 8.42 Å². The van der Waals surface area contributed by atoms with Crippen LogP contribution in [0.15, 0.2) is 24.3 Å². The van der Waals surface area contributed by atoms with Crippen molar-refractivity contribution in [3.63, 3.8) is 0 Å². The van der Waals surface area contributed by atoms with Crippen LogP contribution in [0, 0.1) is 0 Å². The highest BCUT2D eigenvalue weighted by Gasteiger charge is 2.35. The second-order valence-electron chi connectivity index (χ2n) is 4.38. The molecule has 0 saturated carbocycles. The molecular weight excluding hydrogens is 226 g/mol. The van der Waals surface area contributed by atoms with Gasteiger partial charge in [0, 0.05) is 12.1 Å². The summed E-state index contributed by atoms with van der Waals surface area (Å²) in [5, 5.41) is 10.2. The largest absolute Gasteiger partial charge is 0.385 e. The van der Waals surface area contributed by atoms with Gasteiger partial charge in [-0.05, 0) is 19.4 Å². The Morgan fingerprint density at radius 1 is 1.38 bits per heavy atom. The number of nitrogens with zero attached hydrogens (tertiary/aromatic N) is 1. The van der Waals surface area contributed by atoms with Crippen molar-refractivity contribution in [1.29, 1.82) is 0 Å². The average molecular weight is 241 g/mol. The van der Waals surface area contributed by atoms with Crippen molar-refractivity contribution < 1.29 is 13.5 Å². The molecule has 2 rings (SSSR count). The van der Waals surface area contributed by atoms with Gasteiger partial charge in [0.2, 0.25) is 10.0 Å². The van der Waals surface area contributed by atoms with E-state index in [-0.39, 0.29) is 0 Å². The van der Waals surface area contributed by atoms with E-state index >= 15 is 0 Å². The Kier molecular flexibility index (Phi) is 2.47. The number of benzene rings is 1. The Hall–Kier alpha value is -1.07. The fourth-order valence-corrected chi connectivity index (χ4v) is 3.00. The van der Waals surface area contributed by atoms with E-state index in [1.807, 2.05) is 0 Å². The van der Waals surface area contributed by atoms with Crippen LogP contribution in [0.3, 0.4) is 0 Å². The first-order chi connectivity index (χ1) is 7.32. The first-order valence-corrected chi connectivity index (χ1v) is 6.97. The summed E-state index contributed by atoms with van der Waals surface area (Å²) in [6, 6.07) is 7.08. The third-order valence-electron chi connectivity index (χ3n) is 2.96. The molecule has 1 aromatic rings. The minimum absolute atomic E-state index is 0.322. The lowest BCUT2D eigenvalue weighted by atomic mass is 9.88. The highest BCUT2D eigenvalue weighted by molar-refractivity contribution is 7.92. The monoisotopic (exact) mass is 241 g/mol. The van der Waals surface area contributed by atoms with Crippen LogP contribution in [0.2, 0.25) is 0 Å². The second-order valence-corrected chi connectivity index (χ2v) is 6.28. The summed E-state index contributed by atoms with van der Waals surface area (Å²) in [5.41, 5.74) is 0.311. The molecule has 0 fully saturated rings. The van der Waals surface area contributed by atoms with E-state index in [2.05, 4.69) is 0 Å². The van der Waals surface area contributed by atoms with E-state index in [1.54, 1.807) is 31.2 Å². The third kappa shape index (κ3) is 1.81. The number of para-hydroxylation sites is 1. The first-order valence-electron chi connectivity index (χ1n) is 5.12. The Morgan fingerprint density at radius 2 is 2.00 bits per heavy atom. The molecule has 0 amide bonds. The van der Waals surface area contributed by atoms with Crippen LogP contribution >= 0.6 is 0 Å². The molecule has 0 aliphatic carbocycles. The minimum atomic E-state index is -3.27. The van der Waals surface area contributed by atoms with Gasteiger partial charge in [0.15, 0.2) is 0 Å². The summed E-state index contributed by atoms with van der Waals surface area (Å²) < 4.78 is 24.6. The first kappa shape index (κ1) is 11.4. The predicted molar refractivity (Wildman–Crippen MR) is 62.8 cm³/mol. The van der Waals surface area contributed by atoms with E-state index in [1.165, 1.54) is 10.6 Å². The zero-order chi connectivity index (χ0) is 12.0. The van der Waals surface area contributed by atoms with Gasteiger partial charge in [-0.1, -0.05) is 18.2 Å². The lowest BCUT2D eigenvalue weighted by Gasteiger charge is -2.37. The number of aliphatic hydroxyl groups is 1. The molecule has 1 unspecified atom stereocenters. The molecule has 1 atom stereocenters. The van der Waals surface area contributed by atoms with E-state index in [4.69, 9.17) is 0 Å². The predicted octanol–water partition coefficient (Wildman–Crippen LogP) is 1.06. The van der Waals surface area contributed by atoms with Gasteiger partial charge in [-0.2, -0.15) is 0 Å². The van der Waals surface area contributed by atoms with Gasteiger partial charge >= 0.3 is 0 Å². The standard InChI is InChI=1S/C11H15NO3S/c1-11(13)7-8-12(16(2,14)15)10-6-4-3-5-9(10)11/h3-6,13H,7-8H2,1-2H3. The van der Waals surface area contributed by atoms with Crippen LogP contribution in [-0.4, -0.2) is 26.3 Å². The highest BCUT2D eigenvalue weighted by Crippen LogP contribution is 2.38. The summed E-state index contributed by atoms with van der Waals surface area (Å²) >= 11 is 0. The van der Waals surface area contributed by atoms with Gasteiger partial charge in [0.05, 0.1) is 17.5 Å². The molecule has 0 aromatic heterocycles. The SMILES string of the molecule is CC1(O)CCN(S(C)(=O)=O)c2ccccc21. The maximum absolute atomic E-state index is 11.6. The lowest BCUT2D eigenvalue weighted by Crippen LogP contribution is -2.41. The molecule has 88 valence electrons. The molecule has 1 heterocycles. The number of sulfonamides is 1. The molecule has 1 N–H and O–H groups in total. The summed E-state index contributed by atoms with van der Waals surface area (Å²) in [6.07, 6.45) is 1.60. The van der Waals surface area contributed by atoms with Gasteiger partial charge < -0.3 is 5.11 Å². The molecule has 4 nitrogen and oxygen atoms in total. The van der Waals surface area contributed by atoms with Crippen LogP contribution in [-0.2, 0) is 15.6 Å². The van der Waals surface area contributed by atoms with Crippen molar-refractivity contribution in [2.24, 2.45) is 0 Å². The maximum Gasteiger partial charge on any atom is 0.232 e. The number of rotatable bonds is 1. The van der Waals surface area contributed by atoms with Crippen LogP contribution < -0.4 is 4.31 Å². The van der Waals surface area contributed by atoms with Crippen LogP contribution in [0.5, 0.6) is 0 Å². The van der Waals surface area contributed by atoms with E-state index in [9.17, 15) is 13.5 Å². The second kappa shape index (κ2) is 3.46. The van der Waals surface area contributed by atoms with E-state index in [0.717, 1.165) is 0 Å². The Balaban J connectivity index is 2.61. The minimum Gasteiger partial charge on any atom is -0.385 e. The van der Waals surface area contributed by atoms with E-state index < -0.39 is 15.6 Å². The van der Waals surface area contributed by atoms with E-state index in [0.29, 0.717) is 24.2 Å². The summed E-state index contributed by atoms with van der Waals surface area (Å²) in [6.45, 7) is 2.04. The highest BCUT2D eigenvalue weighted by atomic mass is 32.2. The number of fused-ring (bicyclic) bond motifs is 1. The molecule has 1 aromatic carbocycles. The average Bonchev–Trinajstić information content (AvgIpc) is 2.16. The molecular formula is C11H15NO3S. The fraction of sp³-hybridized carbons (Fsp3) is 0.455. The molecule has 1 aliphatic rings. The summed E-state index contributed by atoms with van der Waals surface area (Å²) in [4.78, 5) is 0. The van der Waals surface area contributed by atoms with Crippen molar-refractivity contribution in [3.05, 3.63) is 29.8 Å². The summed E-state index contributed by atoms with van der Waals surface area (Å²) in [7, 11) is -3.27. The number of hydrogen-bond acceptors (Lipinski definition) is 3. The molecule has 0 radical (unpaired) electrons. The number of anilines is 1. The fourth-order valence-electron chi connectivity index (χ4n) is 2.07. The van der Waals surface area contributed by atoms with Gasteiger partial charge in [0.25, 0.3) is 0 Å². The van der Waals surface area contributed by atoms with Gasteiger partial charge in [-0.15, -0.1) is 0 Å². The van der Waals surface area contributed by atoms with Crippen molar-refractivity contribution >= 4 is 15.7 Å². The Bertz CT molecular complexity index is 508. The topological polar surface area (TPSA) is 57.6 Å². The number of hydrogen-bond donors (Lipinski definition) is 1. The third-order valence-corrected chi connectivity index (χ3v) is 4.13.